The van der Waals surface area contributed by atoms with Gasteiger partial charge in [-0.05, 0) is 37.5 Å². The van der Waals surface area contributed by atoms with E-state index in [0.29, 0.717) is 12.3 Å². The Balaban J connectivity index is 2.43. The van der Waals surface area contributed by atoms with Gasteiger partial charge in [-0.2, -0.15) is 0 Å². The number of amides is 1. The zero-order valence-electron chi connectivity index (χ0n) is 10.9. The Hall–Kier alpha value is -1.22. The summed E-state index contributed by atoms with van der Waals surface area (Å²) in [6, 6.07) is 7.72. The number of hydrogen-bond acceptors (Lipinski definition) is 2. The maximum absolute atomic E-state index is 11.6. The topological polar surface area (TPSA) is 38.3 Å². The van der Waals surface area contributed by atoms with Gasteiger partial charge in [0.1, 0.15) is 5.75 Å². The molecule has 4 heteroatoms. The maximum Gasteiger partial charge on any atom is 0.220 e. The third-order valence-electron chi connectivity index (χ3n) is 2.78. The average molecular weight is 270 g/mol. The van der Waals surface area contributed by atoms with E-state index < -0.39 is 0 Å². The number of nitrogens with one attached hydrogen (secondary N) is 1. The Kier molecular flexibility index (Phi) is 6.58. The van der Waals surface area contributed by atoms with Crippen LogP contribution in [0.2, 0.25) is 0 Å². The molecule has 0 heterocycles. The number of ether oxygens (including phenoxy) is 1. The quantitative estimate of drug-likeness (QED) is 0.609. The number of halogens is 1. The van der Waals surface area contributed by atoms with Gasteiger partial charge in [-0.3, -0.25) is 4.79 Å². The fraction of sp³-hybridized carbons (Fsp3) is 0.500. The lowest BCUT2D eigenvalue weighted by atomic mass is 10.1. The second-order valence-corrected chi connectivity index (χ2v) is 4.59. The van der Waals surface area contributed by atoms with Crippen LogP contribution >= 0.6 is 11.6 Å². The fourth-order valence-electron chi connectivity index (χ4n) is 1.67. The molecule has 1 aromatic carbocycles. The second kappa shape index (κ2) is 7.98. The highest BCUT2D eigenvalue weighted by Gasteiger charge is 2.09. The van der Waals surface area contributed by atoms with Gasteiger partial charge < -0.3 is 10.1 Å². The number of alkyl halides is 1. The summed E-state index contributed by atoms with van der Waals surface area (Å²) in [6.45, 7) is 1.97. The van der Waals surface area contributed by atoms with Gasteiger partial charge in [0.25, 0.3) is 0 Å². The van der Waals surface area contributed by atoms with Crippen LogP contribution < -0.4 is 10.1 Å². The van der Waals surface area contributed by atoms with Crippen LogP contribution in [0.15, 0.2) is 24.3 Å². The number of benzene rings is 1. The number of rotatable bonds is 7. The Morgan fingerprint density at radius 3 is 2.56 bits per heavy atom. The Labute approximate surface area is 113 Å². The summed E-state index contributed by atoms with van der Waals surface area (Å²) in [5, 5.41) is 2.97. The first-order valence-electron chi connectivity index (χ1n) is 6.16. The van der Waals surface area contributed by atoms with Crippen molar-refractivity contribution >= 4 is 17.5 Å². The van der Waals surface area contributed by atoms with Crippen LogP contribution in [0.25, 0.3) is 0 Å². The summed E-state index contributed by atoms with van der Waals surface area (Å²) in [5.74, 6) is 1.50. The summed E-state index contributed by atoms with van der Waals surface area (Å²) >= 11 is 5.57. The standard InChI is InChI=1S/C14H20ClNO2/c1-11(16-14(17)5-3-4-10-15)12-6-8-13(18-2)9-7-12/h6-9,11H,3-5,10H2,1-2H3,(H,16,17)/t11-/m0/s1. The van der Waals surface area contributed by atoms with Crippen LogP contribution in [-0.4, -0.2) is 18.9 Å². The van der Waals surface area contributed by atoms with E-state index in [4.69, 9.17) is 16.3 Å². The molecular formula is C14H20ClNO2. The molecule has 0 saturated carbocycles. The van der Waals surface area contributed by atoms with E-state index in [1.54, 1.807) is 7.11 Å². The number of methoxy groups -OCH3 is 1. The van der Waals surface area contributed by atoms with E-state index in [2.05, 4.69) is 5.32 Å². The molecule has 1 rings (SSSR count). The van der Waals surface area contributed by atoms with Crippen molar-refractivity contribution in [1.29, 1.82) is 0 Å². The highest BCUT2D eigenvalue weighted by atomic mass is 35.5. The molecule has 3 nitrogen and oxygen atoms in total. The van der Waals surface area contributed by atoms with Crippen molar-refractivity contribution in [2.24, 2.45) is 0 Å². The zero-order valence-corrected chi connectivity index (χ0v) is 11.7. The third-order valence-corrected chi connectivity index (χ3v) is 3.05. The molecule has 0 aliphatic heterocycles. The molecule has 0 aliphatic carbocycles. The smallest absolute Gasteiger partial charge is 0.220 e. The largest absolute Gasteiger partial charge is 0.497 e. The molecule has 1 atom stereocenters. The molecule has 1 aromatic rings. The van der Waals surface area contributed by atoms with E-state index >= 15 is 0 Å². The minimum Gasteiger partial charge on any atom is -0.497 e. The maximum atomic E-state index is 11.6. The van der Waals surface area contributed by atoms with Gasteiger partial charge in [-0.25, -0.2) is 0 Å². The summed E-state index contributed by atoms with van der Waals surface area (Å²) in [6.07, 6.45) is 2.25. The van der Waals surface area contributed by atoms with Gasteiger partial charge in [0.2, 0.25) is 5.91 Å². The van der Waals surface area contributed by atoms with Crippen LogP contribution in [0.3, 0.4) is 0 Å². The van der Waals surface area contributed by atoms with Crippen molar-refractivity contribution < 1.29 is 9.53 Å². The van der Waals surface area contributed by atoms with Gasteiger partial charge in [0.05, 0.1) is 13.2 Å². The molecule has 0 unspecified atom stereocenters. The summed E-state index contributed by atoms with van der Waals surface area (Å²) < 4.78 is 5.10. The number of carbonyl (C=O) groups excluding carboxylic acids is 1. The molecule has 0 spiro atoms. The molecule has 0 fully saturated rings. The van der Waals surface area contributed by atoms with E-state index in [9.17, 15) is 4.79 Å². The Morgan fingerprint density at radius 2 is 2.00 bits per heavy atom. The summed E-state index contributed by atoms with van der Waals surface area (Å²) in [5.41, 5.74) is 1.07. The molecule has 18 heavy (non-hydrogen) atoms. The lowest BCUT2D eigenvalue weighted by Gasteiger charge is -2.14. The first-order valence-corrected chi connectivity index (χ1v) is 6.70. The second-order valence-electron chi connectivity index (χ2n) is 4.21. The first-order chi connectivity index (χ1) is 8.67. The third kappa shape index (κ3) is 4.96. The van der Waals surface area contributed by atoms with Gasteiger partial charge in [-0.15, -0.1) is 11.6 Å². The predicted molar refractivity (Wildman–Crippen MR) is 74.1 cm³/mol. The van der Waals surface area contributed by atoms with Crippen molar-refractivity contribution in [2.45, 2.75) is 32.2 Å². The van der Waals surface area contributed by atoms with E-state index in [1.807, 2.05) is 31.2 Å². The van der Waals surface area contributed by atoms with Crippen LogP contribution in [-0.2, 0) is 4.79 Å². The lowest BCUT2D eigenvalue weighted by molar-refractivity contribution is -0.121. The summed E-state index contributed by atoms with van der Waals surface area (Å²) in [4.78, 5) is 11.6. The van der Waals surface area contributed by atoms with Gasteiger partial charge >= 0.3 is 0 Å². The zero-order chi connectivity index (χ0) is 13.4. The van der Waals surface area contributed by atoms with Crippen molar-refractivity contribution in [2.75, 3.05) is 13.0 Å². The van der Waals surface area contributed by atoms with Crippen LogP contribution in [0.5, 0.6) is 5.75 Å². The highest BCUT2D eigenvalue weighted by molar-refractivity contribution is 6.17. The molecule has 0 aliphatic rings. The van der Waals surface area contributed by atoms with Crippen molar-refractivity contribution in [3.63, 3.8) is 0 Å². The van der Waals surface area contributed by atoms with Gasteiger partial charge in [0, 0.05) is 12.3 Å². The van der Waals surface area contributed by atoms with Gasteiger partial charge in [-0.1, -0.05) is 12.1 Å². The minimum atomic E-state index is 0.0133. The Morgan fingerprint density at radius 1 is 1.33 bits per heavy atom. The van der Waals surface area contributed by atoms with Gasteiger partial charge in [0.15, 0.2) is 0 Å². The molecule has 0 bridgehead atoms. The molecule has 0 radical (unpaired) electrons. The molecule has 0 aromatic heterocycles. The van der Waals surface area contributed by atoms with Crippen LogP contribution in [0.4, 0.5) is 0 Å². The SMILES string of the molecule is COc1ccc([C@H](C)NC(=O)CCCCCl)cc1. The molecule has 100 valence electrons. The summed E-state index contributed by atoms with van der Waals surface area (Å²) in [7, 11) is 1.64. The predicted octanol–water partition coefficient (Wildman–Crippen LogP) is 3.28. The van der Waals surface area contributed by atoms with Crippen LogP contribution in [0, 0.1) is 0 Å². The fourth-order valence-corrected chi connectivity index (χ4v) is 1.86. The number of hydrogen-bond donors (Lipinski definition) is 1. The van der Waals surface area contributed by atoms with Crippen molar-refractivity contribution in [3.8, 4) is 5.75 Å². The molecule has 1 amide bonds. The average Bonchev–Trinajstić information content (AvgIpc) is 2.39. The van der Waals surface area contributed by atoms with Crippen LogP contribution in [0.1, 0.15) is 37.8 Å². The highest BCUT2D eigenvalue weighted by Crippen LogP contribution is 2.17. The normalized spacial score (nSPS) is 11.9. The molecule has 1 N–H and O–H groups in total. The van der Waals surface area contributed by atoms with E-state index in [-0.39, 0.29) is 11.9 Å². The lowest BCUT2D eigenvalue weighted by Crippen LogP contribution is -2.26. The Bertz CT molecular complexity index is 365. The van der Waals surface area contributed by atoms with E-state index in [0.717, 1.165) is 24.2 Å². The molecule has 0 saturated heterocycles. The number of carbonyl (C=O) groups is 1. The minimum absolute atomic E-state index is 0.0133. The molecular weight excluding hydrogens is 250 g/mol. The monoisotopic (exact) mass is 269 g/mol. The first kappa shape index (κ1) is 14.8. The van der Waals surface area contributed by atoms with Crippen molar-refractivity contribution in [1.82, 2.24) is 5.32 Å². The van der Waals surface area contributed by atoms with E-state index in [1.165, 1.54) is 0 Å². The number of unbranched alkanes of at least 4 members (excludes halogenated alkanes) is 1. The van der Waals surface area contributed by atoms with Crippen molar-refractivity contribution in [3.05, 3.63) is 29.8 Å².